The van der Waals surface area contributed by atoms with Crippen LogP contribution in [0.5, 0.6) is 5.75 Å². The summed E-state index contributed by atoms with van der Waals surface area (Å²) in [7, 11) is 1.98. The lowest BCUT2D eigenvalue weighted by Gasteiger charge is -2.06. The van der Waals surface area contributed by atoms with Gasteiger partial charge in [-0.15, -0.1) is 16.4 Å². The first kappa shape index (κ1) is 15.6. The molecule has 0 amide bonds. The number of ether oxygens (including phenoxy) is 1. The van der Waals surface area contributed by atoms with Crippen LogP contribution >= 0.6 is 11.3 Å². The van der Waals surface area contributed by atoms with Crippen molar-refractivity contribution < 1.29 is 4.74 Å². The fourth-order valence-corrected chi connectivity index (χ4v) is 4.70. The van der Waals surface area contributed by atoms with Gasteiger partial charge in [-0.1, -0.05) is 12.1 Å². The Morgan fingerprint density at radius 3 is 3.04 bits per heavy atom. The maximum absolute atomic E-state index is 5.67. The summed E-state index contributed by atoms with van der Waals surface area (Å²) in [6, 6.07) is 6.44. The van der Waals surface area contributed by atoms with Crippen LogP contribution in [0.1, 0.15) is 22.4 Å². The minimum atomic E-state index is 0.709. The lowest BCUT2D eigenvalue weighted by Crippen LogP contribution is -2.01. The molecule has 0 spiro atoms. The van der Waals surface area contributed by atoms with Crippen LogP contribution < -0.4 is 10.1 Å². The Hall–Kier alpha value is -2.67. The molecule has 4 aromatic rings. The lowest BCUT2D eigenvalue weighted by molar-refractivity contribution is 0.356. The van der Waals surface area contributed by atoms with Gasteiger partial charge in [-0.3, -0.25) is 4.68 Å². The van der Waals surface area contributed by atoms with Crippen LogP contribution in [0.15, 0.2) is 18.2 Å². The summed E-state index contributed by atoms with van der Waals surface area (Å²) < 4.78 is 8.74. The van der Waals surface area contributed by atoms with Crippen LogP contribution in [0.3, 0.4) is 0 Å². The molecule has 0 saturated carbocycles. The van der Waals surface area contributed by atoms with E-state index in [9.17, 15) is 0 Å². The highest BCUT2D eigenvalue weighted by atomic mass is 32.1. The average molecular weight is 365 g/mol. The number of benzene rings is 1. The molecule has 0 saturated heterocycles. The van der Waals surface area contributed by atoms with Gasteiger partial charge in [0, 0.05) is 25.4 Å². The first-order chi connectivity index (χ1) is 12.6. The van der Waals surface area contributed by atoms with Gasteiger partial charge in [0.15, 0.2) is 5.82 Å². The van der Waals surface area contributed by atoms with Gasteiger partial charge in [-0.25, -0.2) is 0 Å². The maximum Gasteiger partial charge on any atom is 0.166 e. The summed E-state index contributed by atoms with van der Waals surface area (Å²) >= 11 is 1.64. The SMILES string of the molecule is Cc1nnc2sc3c(NCc4ccc5c(c4)OCC5)nn(C)c3c2c1C. The van der Waals surface area contributed by atoms with Gasteiger partial charge in [0.2, 0.25) is 0 Å². The molecule has 26 heavy (non-hydrogen) atoms. The summed E-state index contributed by atoms with van der Waals surface area (Å²) in [5.41, 5.74) is 5.75. The number of aryl methyl sites for hydroxylation is 3. The molecule has 0 bridgehead atoms. The third-order valence-electron chi connectivity index (χ3n) is 5.08. The summed E-state index contributed by atoms with van der Waals surface area (Å²) in [5.74, 6) is 1.91. The van der Waals surface area contributed by atoms with Gasteiger partial charge in [0.1, 0.15) is 10.6 Å². The minimum absolute atomic E-state index is 0.709. The van der Waals surface area contributed by atoms with Crippen LogP contribution in [0.25, 0.3) is 20.4 Å². The molecular weight excluding hydrogens is 346 g/mol. The van der Waals surface area contributed by atoms with Crippen molar-refractivity contribution in [2.45, 2.75) is 26.8 Å². The molecule has 1 aliphatic heterocycles. The van der Waals surface area contributed by atoms with E-state index in [0.717, 1.165) is 50.7 Å². The van der Waals surface area contributed by atoms with Gasteiger partial charge in [0.25, 0.3) is 0 Å². The molecule has 3 aromatic heterocycles. The Bertz CT molecular complexity index is 1160. The Kier molecular flexibility index (Phi) is 3.40. The first-order valence-electron chi connectivity index (χ1n) is 8.69. The molecule has 0 radical (unpaired) electrons. The van der Waals surface area contributed by atoms with Crippen molar-refractivity contribution in [1.29, 1.82) is 0 Å². The fourth-order valence-electron chi connectivity index (χ4n) is 3.53. The molecule has 7 heteroatoms. The van der Waals surface area contributed by atoms with E-state index in [-0.39, 0.29) is 0 Å². The molecule has 0 fully saturated rings. The summed E-state index contributed by atoms with van der Waals surface area (Å²) in [6.07, 6.45) is 1.01. The highest BCUT2D eigenvalue weighted by Gasteiger charge is 2.19. The third kappa shape index (κ3) is 2.27. The van der Waals surface area contributed by atoms with Crippen molar-refractivity contribution in [1.82, 2.24) is 20.0 Å². The largest absolute Gasteiger partial charge is 0.493 e. The molecule has 0 atom stereocenters. The zero-order valence-electron chi connectivity index (χ0n) is 15.0. The highest BCUT2D eigenvalue weighted by Crippen LogP contribution is 2.38. The van der Waals surface area contributed by atoms with Gasteiger partial charge in [0.05, 0.1) is 22.5 Å². The minimum Gasteiger partial charge on any atom is -0.493 e. The predicted octanol–water partition coefficient (Wildman–Crippen LogP) is 3.74. The molecule has 1 N–H and O–H groups in total. The number of nitrogens with one attached hydrogen (secondary N) is 1. The molecule has 6 nitrogen and oxygen atoms in total. The maximum atomic E-state index is 5.67. The van der Waals surface area contributed by atoms with Gasteiger partial charge in [-0.05, 0) is 36.6 Å². The normalized spacial score (nSPS) is 13.3. The molecule has 1 aliphatic rings. The van der Waals surface area contributed by atoms with Crippen LogP contribution in [0.4, 0.5) is 5.82 Å². The van der Waals surface area contributed by atoms with E-state index in [4.69, 9.17) is 9.84 Å². The number of rotatable bonds is 3. The smallest absolute Gasteiger partial charge is 0.166 e. The number of nitrogens with zero attached hydrogens (tertiary/aromatic N) is 4. The van der Waals surface area contributed by atoms with E-state index in [1.54, 1.807) is 11.3 Å². The van der Waals surface area contributed by atoms with Crippen molar-refractivity contribution in [3.63, 3.8) is 0 Å². The lowest BCUT2D eigenvalue weighted by atomic mass is 10.1. The number of thiophene rings is 1. The van der Waals surface area contributed by atoms with Crippen LogP contribution in [-0.4, -0.2) is 26.6 Å². The number of fused-ring (bicyclic) bond motifs is 4. The standard InChI is InChI=1S/C19H19N5OS/c1-10-11(2)21-22-19-15(10)16-17(26-19)18(23-24(16)3)20-9-12-4-5-13-6-7-25-14(13)8-12/h4-5,8H,6-7,9H2,1-3H3,(H,20,23). The van der Waals surface area contributed by atoms with Crippen LogP contribution in [0.2, 0.25) is 0 Å². The number of aromatic nitrogens is 4. The molecule has 4 heterocycles. The topological polar surface area (TPSA) is 64.9 Å². The summed E-state index contributed by atoms with van der Waals surface area (Å²) in [5, 5.41) is 18.0. The van der Waals surface area contributed by atoms with Crippen molar-refractivity contribution in [3.05, 3.63) is 40.6 Å². The molecule has 0 aliphatic carbocycles. The zero-order valence-corrected chi connectivity index (χ0v) is 15.8. The van der Waals surface area contributed by atoms with E-state index in [2.05, 4.69) is 40.6 Å². The van der Waals surface area contributed by atoms with E-state index in [1.165, 1.54) is 16.7 Å². The van der Waals surface area contributed by atoms with Crippen molar-refractivity contribution in [3.8, 4) is 5.75 Å². The van der Waals surface area contributed by atoms with Crippen LogP contribution in [-0.2, 0) is 20.0 Å². The van der Waals surface area contributed by atoms with E-state index >= 15 is 0 Å². The second-order valence-electron chi connectivity index (χ2n) is 6.74. The van der Waals surface area contributed by atoms with Crippen molar-refractivity contribution >= 4 is 37.6 Å². The van der Waals surface area contributed by atoms with Gasteiger partial charge >= 0.3 is 0 Å². The number of hydrogen-bond acceptors (Lipinski definition) is 6. The molecule has 132 valence electrons. The van der Waals surface area contributed by atoms with E-state index < -0.39 is 0 Å². The summed E-state index contributed by atoms with van der Waals surface area (Å²) in [4.78, 5) is 0.963. The Balaban J connectivity index is 1.52. The van der Waals surface area contributed by atoms with Gasteiger partial charge < -0.3 is 10.1 Å². The Labute approximate surface area is 154 Å². The average Bonchev–Trinajstić information content (AvgIpc) is 3.31. The predicted molar refractivity (Wildman–Crippen MR) is 104 cm³/mol. The second-order valence-corrected chi connectivity index (χ2v) is 7.74. The number of hydrogen-bond donors (Lipinski definition) is 1. The molecule has 5 rings (SSSR count). The number of anilines is 1. The summed E-state index contributed by atoms with van der Waals surface area (Å²) in [6.45, 7) is 5.59. The second kappa shape index (κ2) is 5.67. The fraction of sp³-hybridized carbons (Fsp3) is 0.316. The third-order valence-corrected chi connectivity index (χ3v) is 6.15. The van der Waals surface area contributed by atoms with Crippen molar-refractivity contribution in [2.75, 3.05) is 11.9 Å². The van der Waals surface area contributed by atoms with E-state index in [1.807, 2.05) is 18.7 Å². The van der Waals surface area contributed by atoms with Crippen LogP contribution in [0, 0.1) is 13.8 Å². The highest BCUT2D eigenvalue weighted by molar-refractivity contribution is 7.26. The Morgan fingerprint density at radius 2 is 2.15 bits per heavy atom. The quantitative estimate of drug-likeness (QED) is 0.599. The molecule has 1 aromatic carbocycles. The zero-order chi connectivity index (χ0) is 17.8. The first-order valence-corrected chi connectivity index (χ1v) is 9.51. The van der Waals surface area contributed by atoms with Crippen molar-refractivity contribution in [2.24, 2.45) is 7.05 Å². The van der Waals surface area contributed by atoms with E-state index in [0.29, 0.717) is 6.54 Å². The molecule has 0 unspecified atom stereocenters. The Morgan fingerprint density at radius 1 is 1.27 bits per heavy atom. The molecular formula is C19H19N5OS. The monoisotopic (exact) mass is 365 g/mol. The van der Waals surface area contributed by atoms with Gasteiger partial charge in [-0.2, -0.15) is 10.2 Å².